The molecule has 1 aliphatic rings. The topological polar surface area (TPSA) is 24.5 Å². The van der Waals surface area contributed by atoms with Gasteiger partial charge in [-0.2, -0.15) is 0 Å². The van der Waals surface area contributed by atoms with Crippen molar-refractivity contribution in [3.8, 4) is 0 Å². The van der Waals surface area contributed by atoms with E-state index in [1.54, 1.807) is 0 Å². The Morgan fingerprint density at radius 3 is 2.45 bits per heavy atom. The van der Waals surface area contributed by atoms with Gasteiger partial charge in [-0.25, -0.2) is 0 Å². The van der Waals surface area contributed by atoms with Gasteiger partial charge in [-0.3, -0.25) is 4.90 Å². The minimum Gasteiger partial charge on any atom is -0.384 e. The second-order valence-corrected chi connectivity index (χ2v) is 7.68. The van der Waals surface area contributed by atoms with Crippen molar-refractivity contribution in [2.75, 3.05) is 31.5 Å². The Balaban J connectivity index is 1.84. The summed E-state index contributed by atoms with van der Waals surface area (Å²) < 4.78 is 7.21. The van der Waals surface area contributed by atoms with E-state index >= 15 is 0 Å². The van der Waals surface area contributed by atoms with Gasteiger partial charge < -0.3 is 10.1 Å². The standard InChI is InChI=1S/C16H25BrN2O/c1-15(2)11-19(12-16(3,4)20-15)9-8-18-14-7-5-6-13(17)10-14/h5-7,10,18H,8-9,11-12H2,1-4H3. The molecule has 112 valence electrons. The fourth-order valence-corrected chi connectivity index (χ4v) is 3.46. The average molecular weight is 341 g/mol. The van der Waals surface area contributed by atoms with Crippen LogP contribution in [0.25, 0.3) is 0 Å². The van der Waals surface area contributed by atoms with Gasteiger partial charge in [0.15, 0.2) is 0 Å². The molecule has 1 heterocycles. The quantitative estimate of drug-likeness (QED) is 0.903. The molecule has 0 spiro atoms. The molecule has 4 heteroatoms. The van der Waals surface area contributed by atoms with Crippen molar-refractivity contribution in [1.29, 1.82) is 0 Å². The Bertz CT molecular complexity index is 444. The maximum atomic E-state index is 6.10. The van der Waals surface area contributed by atoms with Crippen LogP contribution in [0.15, 0.2) is 28.7 Å². The second-order valence-electron chi connectivity index (χ2n) is 6.77. The first-order valence-corrected chi connectivity index (χ1v) is 7.97. The molecule has 0 atom stereocenters. The van der Waals surface area contributed by atoms with Crippen LogP contribution < -0.4 is 5.32 Å². The molecule has 1 fully saturated rings. The summed E-state index contributed by atoms with van der Waals surface area (Å²) in [4.78, 5) is 2.48. The molecule has 0 saturated carbocycles. The van der Waals surface area contributed by atoms with Crippen molar-refractivity contribution in [2.45, 2.75) is 38.9 Å². The van der Waals surface area contributed by atoms with E-state index in [4.69, 9.17) is 4.74 Å². The predicted molar refractivity (Wildman–Crippen MR) is 88.3 cm³/mol. The molecular weight excluding hydrogens is 316 g/mol. The molecule has 0 amide bonds. The van der Waals surface area contributed by atoms with Crippen LogP contribution in [0.2, 0.25) is 0 Å². The van der Waals surface area contributed by atoms with Crippen LogP contribution in [0.3, 0.4) is 0 Å². The van der Waals surface area contributed by atoms with Crippen molar-refractivity contribution in [1.82, 2.24) is 4.90 Å². The zero-order valence-corrected chi connectivity index (χ0v) is 14.5. The Kier molecular flexibility index (Phi) is 4.77. The highest BCUT2D eigenvalue weighted by molar-refractivity contribution is 9.10. The monoisotopic (exact) mass is 340 g/mol. The summed E-state index contributed by atoms with van der Waals surface area (Å²) in [5.74, 6) is 0. The van der Waals surface area contributed by atoms with Gasteiger partial charge in [0.05, 0.1) is 11.2 Å². The van der Waals surface area contributed by atoms with Gasteiger partial charge in [-0.05, 0) is 45.9 Å². The first kappa shape index (κ1) is 15.8. The minimum absolute atomic E-state index is 0.0719. The Labute approximate surface area is 130 Å². The van der Waals surface area contributed by atoms with E-state index in [9.17, 15) is 0 Å². The van der Waals surface area contributed by atoms with Crippen LogP contribution in [0, 0.1) is 0 Å². The zero-order chi connectivity index (χ0) is 14.8. The first-order valence-electron chi connectivity index (χ1n) is 7.18. The number of anilines is 1. The molecule has 1 aromatic carbocycles. The van der Waals surface area contributed by atoms with Crippen LogP contribution in [0.5, 0.6) is 0 Å². The number of morpholine rings is 1. The molecule has 0 aromatic heterocycles. The fraction of sp³-hybridized carbons (Fsp3) is 0.625. The normalized spacial score (nSPS) is 21.6. The third kappa shape index (κ3) is 4.76. The lowest BCUT2D eigenvalue weighted by Gasteiger charge is -2.47. The summed E-state index contributed by atoms with van der Waals surface area (Å²) in [6.45, 7) is 12.6. The van der Waals surface area contributed by atoms with Crippen LogP contribution in [0.4, 0.5) is 5.69 Å². The fourth-order valence-electron chi connectivity index (χ4n) is 3.06. The summed E-state index contributed by atoms with van der Waals surface area (Å²) in [5, 5.41) is 3.47. The van der Waals surface area contributed by atoms with Gasteiger partial charge >= 0.3 is 0 Å². The number of benzene rings is 1. The van der Waals surface area contributed by atoms with Crippen molar-refractivity contribution in [2.24, 2.45) is 0 Å². The molecule has 2 rings (SSSR count). The number of hydrogen-bond donors (Lipinski definition) is 1. The molecule has 0 radical (unpaired) electrons. The van der Waals surface area contributed by atoms with E-state index < -0.39 is 0 Å². The SMILES string of the molecule is CC1(C)CN(CCNc2cccc(Br)c2)CC(C)(C)O1. The van der Waals surface area contributed by atoms with E-state index in [-0.39, 0.29) is 11.2 Å². The molecule has 1 N–H and O–H groups in total. The highest BCUT2D eigenvalue weighted by atomic mass is 79.9. The van der Waals surface area contributed by atoms with Crippen LogP contribution in [-0.2, 0) is 4.74 Å². The zero-order valence-electron chi connectivity index (χ0n) is 12.9. The van der Waals surface area contributed by atoms with E-state index in [0.717, 1.165) is 36.3 Å². The van der Waals surface area contributed by atoms with Gasteiger partial charge in [0.1, 0.15) is 0 Å². The highest BCUT2D eigenvalue weighted by Crippen LogP contribution is 2.27. The van der Waals surface area contributed by atoms with Crippen LogP contribution in [-0.4, -0.2) is 42.3 Å². The molecule has 3 nitrogen and oxygen atoms in total. The number of halogens is 1. The lowest BCUT2D eigenvalue weighted by Crippen LogP contribution is -2.57. The number of hydrogen-bond acceptors (Lipinski definition) is 3. The molecule has 1 saturated heterocycles. The molecule has 20 heavy (non-hydrogen) atoms. The molecule has 1 aromatic rings. The summed E-state index contributed by atoms with van der Waals surface area (Å²) in [6.07, 6.45) is 0. The van der Waals surface area contributed by atoms with Crippen molar-refractivity contribution < 1.29 is 4.74 Å². The van der Waals surface area contributed by atoms with E-state index in [0.29, 0.717) is 0 Å². The van der Waals surface area contributed by atoms with Crippen molar-refractivity contribution in [3.05, 3.63) is 28.7 Å². The third-order valence-electron chi connectivity index (χ3n) is 3.34. The van der Waals surface area contributed by atoms with Gasteiger partial charge in [0, 0.05) is 36.3 Å². The van der Waals surface area contributed by atoms with Gasteiger partial charge in [-0.15, -0.1) is 0 Å². The summed E-state index contributed by atoms with van der Waals surface area (Å²) in [5.41, 5.74) is 1.01. The second kappa shape index (κ2) is 6.04. The Hall–Kier alpha value is -0.580. The number of rotatable bonds is 4. The Morgan fingerprint density at radius 1 is 1.20 bits per heavy atom. The van der Waals surface area contributed by atoms with Gasteiger partial charge in [0.25, 0.3) is 0 Å². The summed E-state index contributed by atoms with van der Waals surface area (Å²) in [7, 11) is 0. The number of nitrogens with zero attached hydrogens (tertiary/aromatic N) is 1. The third-order valence-corrected chi connectivity index (χ3v) is 3.84. The van der Waals surface area contributed by atoms with E-state index in [1.807, 2.05) is 12.1 Å². The lowest BCUT2D eigenvalue weighted by molar-refractivity contribution is -0.179. The lowest BCUT2D eigenvalue weighted by atomic mass is 9.99. The van der Waals surface area contributed by atoms with E-state index in [2.05, 4.69) is 66.0 Å². The first-order chi connectivity index (χ1) is 9.26. The van der Waals surface area contributed by atoms with Gasteiger partial charge in [-0.1, -0.05) is 22.0 Å². The largest absolute Gasteiger partial charge is 0.384 e. The van der Waals surface area contributed by atoms with Crippen molar-refractivity contribution >= 4 is 21.6 Å². The molecule has 1 aliphatic heterocycles. The maximum Gasteiger partial charge on any atom is 0.0760 e. The number of nitrogens with one attached hydrogen (secondary N) is 1. The molecule has 0 aliphatic carbocycles. The van der Waals surface area contributed by atoms with Crippen molar-refractivity contribution in [3.63, 3.8) is 0 Å². The van der Waals surface area contributed by atoms with Crippen LogP contribution >= 0.6 is 15.9 Å². The van der Waals surface area contributed by atoms with Gasteiger partial charge in [0.2, 0.25) is 0 Å². The average Bonchev–Trinajstić information content (AvgIpc) is 2.24. The number of ether oxygens (including phenoxy) is 1. The summed E-state index contributed by atoms with van der Waals surface area (Å²) >= 11 is 3.49. The maximum absolute atomic E-state index is 6.10. The minimum atomic E-state index is -0.0719. The Morgan fingerprint density at radius 2 is 1.85 bits per heavy atom. The van der Waals surface area contributed by atoms with Crippen LogP contribution in [0.1, 0.15) is 27.7 Å². The van der Waals surface area contributed by atoms with E-state index in [1.165, 1.54) is 0 Å². The molecule has 0 bridgehead atoms. The molecular formula is C16H25BrN2O. The molecule has 0 unspecified atom stereocenters. The summed E-state index contributed by atoms with van der Waals surface area (Å²) in [6, 6.07) is 8.29. The smallest absolute Gasteiger partial charge is 0.0760 e. The highest BCUT2D eigenvalue weighted by Gasteiger charge is 2.37. The predicted octanol–water partition coefficient (Wildman–Crippen LogP) is 3.75.